The largest absolute Gasteiger partial charge is 0.481 e. The Labute approximate surface area is 257 Å². The number of oxime groups is 1. The number of fused-ring (bicyclic) bond motifs is 1. The molecular formula is C22H28ClN7O7S4. The molecule has 1 saturated heterocycles. The maximum Gasteiger partial charge on any atom is 0.352 e. The van der Waals surface area contributed by atoms with Crippen molar-refractivity contribution in [3.05, 3.63) is 27.4 Å². The van der Waals surface area contributed by atoms with Crippen molar-refractivity contribution in [1.82, 2.24) is 25.4 Å². The summed E-state index contributed by atoms with van der Waals surface area (Å²) in [5, 5.41) is 34.4. The van der Waals surface area contributed by atoms with Gasteiger partial charge in [0, 0.05) is 16.9 Å². The van der Waals surface area contributed by atoms with Crippen LogP contribution < -0.4 is 11.1 Å². The molecule has 0 aromatic carbocycles. The number of hydrogen-bond acceptors (Lipinski definition) is 14. The van der Waals surface area contributed by atoms with Crippen molar-refractivity contribution in [2.45, 2.75) is 43.5 Å². The number of carboxylic acid groups (broad SMARTS) is 2. The quantitative estimate of drug-likeness (QED) is 0.138. The smallest absolute Gasteiger partial charge is 0.352 e. The molecular weight excluding hydrogens is 638 g/mol. The zero-order chi connectivity index (χ0) is 29.8. The Bertz CT molecular complexity index is 1370. The van der Waals surface area contributed by atoms with Gasteiger partial charge in [0.15, 0.2) is 15.2 Å². The van der Waals surface area contributed by atoms with Crippen LogP contribution in [-0.4, -0.2) is 89.8 Å². The predicted molar refractivity (Wildman–Crippen MR) is 159 cm³/mol. The molecule has 2 aliphatic heterocycles. The van der Waals surface area contributed by atoms with Crippen molar-refractivity contribution in [2.75, 3.05) is 24.3 Å². The SMILES string of the molecule is CC(C)(C)C(=O)O.CON=C(C(=O)N[C@@H]1C(=O)N2C(C(=O)O)=C(CSc3nnc(C)s3)CS[C@H]12)c1csc(N)n1.Cl. The lowest BCUT2D eigenvalue weighted by Crippen LogP contribution is -2.71. The van der Waals surface area contributed by atoms with Crippen molar-refractivity contribution in [1.29, 1.82) is 0 Å². The minimum Gasteiger partial charge on any atom is -0.481 e. The first-order chi connectivity index (χ1) is 18.7. The zero-order valence-electron chi connectivity index (χ0n) is 22.4. The molecule has 0 bridgehead atoms. The second kappa shape index (κ2) is 14.3. The predicted octanol–water partition coefficient (Wildman–Crippen LogP) is 2.31. The van der Waals surface area contributed by atoms with Gasteiger partial charge in [-0.2, -0.15) is 0 Å². The molecule has 0 radical (unpaired) electrons. The van der Waals surface area contributed by atoms with Gasteiger partial charge in [-0.1, -0.05) is 28.3 Å². The number of nitrogens with zero attached hydrogens (tertiary/aromatic N) is 5. The highest BCUT2D eigenvalue weighted by molar-refractivity contribution is 8.01. The third-order valence-corrected chi connectivity index (χ3v) is 9.29. The Morgan fingerprint density at radius 3 is 2.44 bits per heavy atom. The molecule has 2 aromatic heterocycles. The average molecular weight is 666 g/mol. The van der Waals surface area contributed by atoms with E-state index in [9.17, 15) is 24.3 Å². The van der Waals surface area contributed by atoms with Crippen LogP contribution in [0.4, 0.5) is 5.13 Å². The third kappa shape index (κ3) is 8.31. The van der Waals surface area contributed by atoms with Crippen LogP contribution in [0.15, 0.2) is 26.1 Å². The fourth-order valence-corrected chi connectivity index (χ4v) is 7.03. The first-order valence-corrected chi connectivity index (χ1v) is 15.2. The number of aromatic nitrogens is 3. The van der Waals surface area contributed by atoms with Gasteiger partial charge in [0.2, 0.25) is 0 Å². The highest BCUT2D eigenvalue weighted by Crippen LogP contribution is 2.41. The number of hydrogen-bond donors (Lipinski definition) is 4. The molecule has 2 amide bonds. The minimum absolute atomic E-state index is 0. The summed E-state index contributed by atoms with van der Waals surface area (Å²) < 4.78 is 0.726. The van der Waals surface area contributed by atoms with Crippen LogP contribution in [-0.2, 0) is 24.0 Å². The molecule has 2 aromatic rings. The van der Waals surface area contributed by atoms with E-state index in [0.29, 0.717) is 17.1 Å². The van der Waals surface area contributed by atoms with E-state index in [1.165, 1.54) is 46.9 Å². The number of halogens is 1. The van der Waals surface area contributed by atoms with Gasteiger partial charge >= 0.3 is 11.9 Å². The van der Waals surface area contributed by atoms with Gasteiger partial charge in [0.25, 0.3) is 11.8 Å². The fraction of sp³-hybridized carbons (Fsp3) is 0.455. The first kappa shape index (κ1) is 34.3. The van der Waals surface area contributed by atoms with E-state index < -0.39 is 40.6 Å². The van der Waals surface area contributed by atoms with Crippen LogP contribution >= 0.6 is 58.6 Å². The normalized spacial score (nSPS) is 18.3. The number of nitrogen functional groups attached to an aromatic ring is 1. The van der Waals surface area contributed by atoms with E-state index in [4.69, 9.17) is 15.7 Å². The maximum atomic E-state index is 12.9. The topological polar surface area (TPSA) is 210 Å². The van der Waals surface area contributed by atoms with Crippen molar-refractivity contribution in [3.8, 4) is 0 Å². The van der Waals surface area contributed by atoms with Gasteiger partial charge in [-0.3, -0.25) is 19.3 Å². The van der Waals surface area contributed by atoms with Crippen LogP contribution in [0.25, 0.3) is 0 Å². The van der Waals surface area contributed by atoms with Crippen LogP contribution in [0.3, 0.4) is 0 Å². The molecule has 0 saturated carbocycles. The number of nitrogens with one attached hydrogen (secondary N) is 1. The van der Waals surface area contributed by atoms with Gasteiger partial charge < -0.3 is 26.1 Å². The van der Waals surface area contributed by atoms with Gasteiger partial charge in [-0.05, 0) is 33.3 Å². The number of carbonyl (C=O) groups excluding carboxylic acids is 2. The van der Waals surface area contributed by atoms with Gasteiger partial charge in [0.1, 0.15) is 34.9 Å². The summed E-state index contributed by atoms with van der Waals surface area (Å²) >= 11 is 5.30. The molecule has 0 unspecified atom stereocenters. The number of thioether (sulfide) groups is 2. The van der Waals surface area contributed by atoms with Crippen molar-refractivity contribution >= 4 is 93.2 Å². The monoisotopic (exact) mass is 665 g/mol. The summed E-state index contributed by atoms with van der Waals surface area (Å²) in [7, 11) is 1.28. The van der Waals surface area contributed by atoms with E-state index in [0.717, 1.165) is 20.7 Å². The van der Waals surface area contributed by atoms with Crippen molar-refractivity contribution in [3.63, 3.8) is 0 Å². The standard InChI is InChI=1S/C17H17N7O5S4.C5H10O2.ClH/c1-6-21-22-17(33-6)32-4-7-3-30-14-10(13(26)24(14)11(7)15(27)28)20-12(25)9(23-29-2)8-5-31-16(18)19-8;1-5(2,3)4(6)7;/h5,10,14H,3-4H2,1-2H3,(H2,18,19)(H,20,25)(H,27,28);1-3H3,(H,6,7);1H/t10-,14-;;/m1../s1. The molecule has 0 aliphatic carbocycles. The molecule has 5 N–H and O–H groups in total. The summed E-state index contributed by atoms with van der Waals surface area (Å²) in [6.45, 7) is 6.82. The highest BCUT2D eigenvalue weighted by Gasteiger charge is 2.54. The number of nitrogens with two attached hydrogens (primary N) is 1. The number of rotatable bonds is 8. The van der Waals surface area contributed by atoms with Crippen LogP contribution in [0, 0.1) is 12.3 Å². The average Bonchev–Trinajstić information content (AvgIpc) is 3.50. The number of anilines is 1. The number of β-lactam (4-membered cyclic amide) rings is 1. The lowest BCUT2D eigenvalue weighted by atomic mass is 9.98. The van der Waals surface area contributed by atoms with E-state index in [2.05, 4.69) is 25.7 Å². The Morgan fingerprint density at radius 1 is 1.29 bits per heavy atom. The number of thiazole rings is 1. The molecule has 4 rings (SSSR count). The number of amides is 2. The van der Waals surface area contributed by atoms with Gasteiger partial charge in [0.05, 0.1) is 5.41 Å². The zero-order valence-corrected chi connectivity index (χ0v) is 26.5. The van der Waals surface area contributed by atoms with Crippen molar-refractivity contribution < 1.29 is 34.2 Å². The van der Waals surface area contributed by atoms with E-state index in [1.54, 1.807) is 26.2 Å². The molecule has 2 atom stereocenters. The van der Waals surface area contributed by atoms with E-state index in [-0.39, 0.29) is 34.6 Å². The molecule has 1 fully saturated rings. The molecule has 14 nitrogen and oxygen atoms in total. The molecule has 41 heavy (non-hydrogen) atoms. The Morgan fingerprint density at radius 2 is 1.95 bits per heavy atom. The molecule has 4 heterocycles. The Balaban J connectivity index is 0.000000655. The number of carboxylic acids is 2. The second-order valence-corrected chi connectivity index (χ2v) is 13.6. The summed E-state index contributed by atoms with van der Waals surface area (Å²) in [6.07, 6.45) is 0. The molecule has 19 heteroatoms. The Hall–Kier alpha value is -2.93. The maximum absolute atomic E-state index is 12.9. The third-order valence-electron chi connectivity index (χ3n) is 5.22. The summed E-state index contributed by atoms with van der Waals surface area (Å²) in [4.78, 5) is 57.6. The first-order valence-electron chi connectivity index (χ1n) is 11.4. The number of aryl methyl sites for hydroxylation is 1. The van der Waals surface area contributed by atoms with Gasteiger partial charge in [-0.15, -0.1) is 45.7 Å². The number of carbonyl (C=O) groups is 4. The molecule has 0 spiro atoms. The second-order valence-electron chi connectivity index (χ2n) is 9.24. The Kier molecular flexibility index (Phi) is 12.0. The minimum atomic E-state index is -1.19. The molecule has 224 valence electrons. The number of aliphatic carboxylic acids is 2. The lowest BCUT2D eigenvalue weighted by molar-refractivity contribution is -0.150. The molecule has 2 aliphatic rings. The fourth-order valence-electron chi connectivity index (χ4n) is 3.18. The van der Waals surface area contributed by atoms with Crippen LogP contribution in [0.2, 0.25) is 0 Å². The summed E-state index contributed by atoms with van der Waals surface area (Å²) in [6, 6.07) is -0.907. The van der Waals surface area contributed by atoms with Crippen molar-refractivity contribution in [2.24, 2.45) is 10.6 Å². The van der Waals surface area contributed by atoms with E-state index in [1.807, 2.05) is 6.92 Å². The van der Waals surface area contributed by atoms with Crippen LogP contribution in [0.5, 0.6) is 0 Å². The van der Waals surface area contributed by atoms with Gasteiger partial charge in [-0.25, -0.2) is 9.78 Å². The highest BCUT2D eigenvalue weighted by atomic mass is 35.5. The van der Waals surface area contributed by atoms with Crippen LogP contribution in [0.1, 0.15) is 31.5 Å². The summed E-state index contributed by atoms with van der Waals surface area (Å²) in [5.74, 6) is -2.37. The summed E-state index contributed by atoms with van der Waals surface area (Å²) in [5.41, 5.74) is 5.69. The van der Waals surface area contributed by atoms with E-state index >= 15 is 0 Å². The lowest BCUT2D eigenvalue weighted by Gasteiger charge is -2.49.